The molecule has 15 heavy (non-hydrogen) atoms. The number of carbonyl (C=O) groups excluding carboxylic acids is 2. The lowest BCUT2D eigenvalue weighted by molar-refractivity contribution is -0.126. The summed E-state index contributed by atoms with van der Waals surface area (Å²) in [5, 5.41) is 14.4. The van der Waals surface area contributed by atoms with Crippen LogP contribution in [0.25, 0.3) is 0 Å². The molecule has 0 aromatic rings. The Hall–Kier alpha value is -1.10. The van der Waals surface area contributed by atoms with Gasteiger partial charge in [0.15, 0.2) is 0 Å². The number of aliphatic hydroxyl groups is 1. The van der Waals surface area contributed by atoms with Gasteiger partial charge in [-0.05, 0) is 12.3 Å². The van der Waals surface area contributed by atoms with E-state index < -0.39 is 6.04 Å². The molecule has 0 radical (unpaired) electrons. The minimum absolute atomic E-state index is 0.0793. The second kappa shape index (κ2) is 5.11. The van der Waals surface area contributed by atoms with Gasteiger partial charge < -0.3 is 15.7 Å². The van der Waals surface area contributed by atoms with Gasteiger partial charge in [0.2, 0.25) is 11.8 Å². The lowest BCUT2D eigenvalue weighted by Gasteiger charge is -2.21. The second-order valence-electron chi connectivity index (χ2n) is 4.20. The summed E-state index contributed by atoms with van der Waals surface area (Å²) in [6.07, 6.45) is 0.949. The third-order valence-electron chi connectivity index (χ3n) is 2.64. The maximum atomic E-state index is 11.6. The van der Waals surface area contributed by atoms with Gasteiger partial charge in [0, 0.05) is 6.42 Å². The van der Waals surface area contributed by atoms with Crippen molar-refractivity contribution in [2.45, 2.75) is 38.8 Å². The van der Waals surface area contributed by atoms with E-state index >= 15 is 0 Å². The normalized spacial score (nSPS) is 22.7. The van der Waals surface area contributed by atoms with Crippen molar-refractivity contribution in [3.63, 3.8) is 0 Å². The van der Waals surface area contributed by atoms with Crippen molar-refractivity contribution in [3.05, 3.63) is 0 Å². The highest BCUT2D eigenvalue weighted by Crippen LogP contribution is 2.08. The maximum absolute atomic E-state index is 11.6. The van der Waals surface area contributed by atoms with E-state index in [-0.39, 0.29) is 30.4 Å². The zero-order valence-electron chi connectivity index (χ0n) is 9.12. The number of aliphatic hydroxyl groups excluding tert-OH is 1. The smallest absolute Gasteiger partial charge is 0.242 e. The van der Waals surface area contributed by atoms with E-state index in [9.17, 15) is 9.59 Å². The van der Waals surface area contributed by atoms with Gasteiger partial charge in [0.25, 0.3) is 0 Å². The second-order valence-corrected chi connectivity index (χ2v) is 4.20. The summed E-state index contributed by atoms with van der Waals surface area (Å²) in [6.45, 7) is 3.77. The molecule has 0 aromatic heterocycles. The number of carbonyl (C=O) groups is 2. The summed E-state index contributed by atoms with van der Waals surface area (Å²) in [4.78, 5) is 22.5. The van der Waals surface area contributed by atoms with Crippen LogP contribution >= 0.6 is 0 Å². The summed E-state index contributed by atoms with van der Waals surface area (Å²) in [6, 6.07) is -0.666. The van der Waals surface area contributed by atoms with Crippen LogP contribution in [0.15, 0.2) is 0 Å². The van der Waals surface area contributed by atoms with Gasteiger partial charge in [-0.1, -0.05) is 13.8 Å². The van der Waals surface area contributed by atoms with Crippen molar-refractivity contribution in [3.8, 4) is 0 Å². The molecule has 1 fully saturated rings. The Morgan fingerprint density at radius 2 is 2.33 bits per heavy atom. The topological polar surface area (TPSA) is 78.4 Å². The van der Waals surface area contributed by atoms with Gasteiger partial charge >= 0.3 is 0 Å². The van der Waals surface area contributed by atoms with Crippen LogP contribution in [0, 0.1) is 5.92 Å². The Bertz CT molecular complexity index is 253. The molecular weight excluding hydrogens is 196 g/mol. The number of rotatable bonds is 4. The first kappa shape index (κ1) is 12.0. The van der Waals surface area contributed by atoms with Gasteiger partial charge in [-0.3, -0.25) is 9.59 Å². The van der Waals surface area contributed by atoms with Crippen LogP contribution in [0.3, 0.4) is 0 Å². The van der Waals surface area contributed by atoms with Gasteiger partial charge in [-0.25, -0.2) is 0 Å². The van der Waals surface area contributed by atoms with Crippen LogP contribution in [0.2, 0.25) is 0 Å². The summed E-state index contributed by atoms with van der Waals surface area (Å²) in [7, 11) is 0. The fourth-order valence-corrected chi connectivity index (χ4v) is 1.52. The molecule has 1 rings (SSSR count). The SMILES string of the molecule is CC(C)[C@@H](CO)NC(=O)[C@H]1CCC(=O)N1. The summed E-state index contributed by atoms with van der Waals surface area (Å²) < 4.78 is 0. The maximum Gasteiger partial charge on any atom is 0.242 e. The molecule has 5 nitrogen and oxygen atoms in total. The van der Waals surface area contributed by atoms with E-state index in [2.05, 4.69) is 10.6 Å². The van der Waals surface area contributed by atoms with Crippen LogP contribution in [0.1, 0.15) is 26.7 Å². The average molecular weight is 214 g/mol. The molecule has 5 heteroatoms. The van der Waals surface area contributed by atoms with E-state index in [1.165, 1.54) is 0 Å². The fourth-order valence-electron chi connectivity index (χ4n) is 1.52. The van der Waals surface area contributed by atoms with E-state index in [1.807, 2.05) is 13.8 Å². The molecule has 1 saturated heterocycles. The van der Waals surface area contributed by atoms with Crippen LogP contribution in [-0.4, -0.2) is 35.6 Å². The molecule has 86 valence electrons. The Morgan fingerprint density at radius 1 is 1.67 bits per heavy atom. The molecule has 0 saturated carbocycles. The number of nitrogens with one attached hydrogen (secondary N) is 2. The number of hydrogen-bond donors (Lipinski definition) is 3. The van der Waals surface area contributed by atoms with Crippen LogP contribution in [0.5, 0.6) is 0 Å². The quantitative estimate of drug-likeness (QED) is 0.584. The number of hydrogen-bond acceptors (Lipinski definition) is 3. The zero-order chi connectivity index (χ0) is 11.4. The molecule has 0 aromatic carbocycles. The highest BCUT2D eigenvalue weighted by molar-refractivity contribution is 5.90. The van der Waals surface area contributed by atoms with Crippen LogP contribution in [0.4, 0.5) is 0 Å². The Balaban J connectivity index is 2.44. The predicted molar refractivity (Wildman–Crippen MR) is 55.0 cm³/mol. The molecule has 1 aliphatic rings. The Morgan fingerprint density at radius 3 is 2.73 bits per heavy atom. The fraction of sp³-hybridized carbons (Fsp3) is 0.800. The third-order valence-corrected chi connectivity index (χ3v) is 2.64. The summed E-state index contributed by atoms with van der Waals surface area (Å²) in [5.74, 6) is -0.107. The first-order valence-corrected chi connectivity index (χ1v) is 5.25. The number of amides is 2. The largest absolute Gasteiger partial charge is 0.394 e. The van der Waals surface area contributed by atoms with Crippen molar-refractivity contribution >= 4 is 11.8 Å². The molecule has 1 heterocycles. The lowest BCUT2D eigenvalue weighted by Crippen LogP contribution is -2.49. The minimum atomic E-state index is -0.426. The third kappa shape index (κ3) is 3.20. The zero-order valence-corrected chi connectivity index (χ0v) is 9.12. The van der Waals surface area contributed by atoms with Gasteiger partial charge in [0.05, 0.1) is 12.6 Å². The van der Waals surface area contributed by atoms with Crippen molar-refractivity contribution in [1.82, 2.24) is 10.6 Å². The molecule has 1 aliphatic heterocycles. The van der Waals surface area contributed by atoms with Gasteiger partial charge in [-0.15, -0.1) is 0 Å². The van der Waals surface area contributed by atoms with Crippen LogP contribution < -0.4 is 10.6 Å². The predicted octanol–water partition coefficient (Wildman–Crippen LogP) is -0.602. The Kier molecular flexibility index (Phi) is 4.08. The molecule has 2 atom stereocenters. The van der Waals surface area contributed by atoms with Gasteiger partial charge in [0.1, 0.15) is 6.04 Å². The first-order chi connectivity index (χ1) is 7.04. The minimum Gasteiger partial charge on any atom is -0.394 e. The summed E-state index contributed by atoms with van der Waals surface area (Å²) >= 11 is 0. The Labute approximate surface area is 89.2 Å². The average Bonchev–Trinajstić information content (AvgIpc) is 2.60. The van der Waals surface area contributed by atoms with Crippen molar-refractivity contribution in [2.24, 2.45) is 5.92 Å². The molecule has 0 spiro atoms. The summed E-state index contributed by atoms with van der Waals surface area (Å²) in [5.41, 5.74) is 0. The highest BCUT2D eigenvalue weighted by Gasteiger charge is 2.28. The monoisotopic (exact) mass is 214 g/mol. The van der Waals surface area contributed by atoms with Crippen molar-refractivity contribution < 1.29 is 14.7 Å². The van der Waals surface area contributed by atoms with E-state index in [1.54, 1.807) is 0 Å². The molecule has 0 bridgehead atoms. The molecule has 2 amide bonds. The lowest BCUT2D eigenvalue weighted by atomic mass is 10.0. The standard InChI is InChI=1S/C10H18N2O3/c1-6(2)8(5-13)12-10(15)7-3-4-9(14)11-7/h6-8,13H,3-5H2,1-2H3,(H,11,14)(H,12,15)/t7-,8-/m1/s1. The van der Waals surface area contributed by atoms with E-state index in [4.69, 9.17) is 5.11 Å². The highest BCUT2D eigenvalue weighted by atomic mass is 16.3. The molecule has 3 N–H and O–H groups in total. The first-order valence-electron chi connectivity index (χ1n) is 5.25. The van der Waals surface area contributed by atoms with Gasteiger partial charge in [-0.2, -0.15) is 0 Å². The van der Waals surface area contributed by atoms with Crippen molar-refractivity contribution in [1.29, 1.82) is 0 Å². The van der Waals surface area contributed by atoms with Crippen LogP contribution in [-0.2, 0) is 9.59 Å². The molecule has 0 aliphatic carbocycles. The molecule has 0 unspecified atom stereocenters. The molecular formula is C10H18N2O3. The van der Waals surface area contributed by atoms with E-state index in [0.717, 1.165) is 0 Å². The van der Waals surface area contributed by atoms with Crippen molar-refractivity contribution in [2.75, 3.05) is 6.61 Å². The van der Waals surface area contributed by atoms with E-state index in [0.29, 0.717) is 12.8 Å².